The average Bonchev–Trinajstić information content (AvgIpc) is 2.72. The molecule has 18 heavy (non-hydrogen) atoms. The number of rotatable bonds is 2. The van der Waals surface area contributed by atoms with Crippen LogP contribution in [0.5, 0.6) is 0 Å². The normalized spacial score (nSPS) is 41.2. The van der Waals surface area contributed by atoms with Gasteiger partial charge in [-0.1, -0.05) is 44.8 Å². The van der Waals surface area contributed by atoms with Crippen LogP contribution in [0.2, 0.25) is 0 Å². The molecule has 2 aliphatic carbocycles. The van der Waals surface area contributed by atoms with Gasteiger partial charge in [0.1, 0.15) is 0 Å². The fraction of sp³-hybridized carbons (Fsp3) is 0.882. The Morgan fingerprint density at radius 1 is 1.22 bits per heavy atom. The van der Waals surface area contributed by atoms with Gasteiger partial charge in [-0.2, -0.15) is 0 Å². The molecule has 102 valence electrons. The van der Waals surface area contributed by atoms with Crippen LogP contribution in [0.1, 0.15) is 65.7 Å². The molecule has 0 aromatic heterocycles. The van der Waals surface area contributed by atoms with Crippen LogP contribution in [-0.4, -0.2) is 11.7 Å². The Hall–Kier alpha value is -0.300. The molecule has 3 aliphatic rings. The Kier molecular flexibility index (Phi) is 3.30. The molecule has 1 saturated carbocycles. The zero-order valence-electron chi connectivity index (χ0n) is 12.2. The second-order valence-electron chi connectivity index (χ2n) is 7.16. The van der Waals surface area contributed by atoms with Gasteiger partial charge in [0.15, 0.2) is 0 Å². The molecular weight excluding hydrogens is 220 g/mol. The van der Waals surface area contributed by atoms with E-state index in [9.17, 15) is 0 Å². The van der Waals surface area contributed by atoms with Crippen LogP contribution in [0, 0.1) is 17.8 Å². The molecule has 0 spiro atoms. The fourth-order valence-corrected chi connectivity index (χ4v) is 4.42. The smallest absolute Gasteiger partial charge is 0.0750 e. The van der Waals surface area contributed by atoms with Gasteiger partial charge in [-0.15, -0.1) is 0 Å². The Labute approximate surface area is 112 Å². The summed E-state index contributed by atoms with van der Waals surface area (Å²) in [5.74, 6) is 2.22. The summed E-state index contributed by atoms with van der Waals surface area (Å²) in [5, 5.41) is 0. The van der Waals surface area contributed by atoms with Crippen molar-refractivity contribution in [3.8, 4) is 0 Å². The van der Waals surface area contributed by atoms with Gasteiger partial charge in [-0.25, -0.2) is 0 Å². The topological polar surface area (TPSA) is 9.23 Å². The molecule has 1 heteroatoms. The molecule has 2 bridgehead atoms. The van der Waals surface area contributed by atoms with E-state index in [-0.39, 0.29) is 5.60 Å². The first-order valence-corrected chi connectivity index (χ1v) is 7.97. The highest BCUT2D eigenvalue weighted by Crippen LogP contribution is 2.52. The van der Waals surface area contributed by atoms with E-state index >= 15 is 0 Å². The summed E-state index contributed by atoms with van der Waals surface area (Å²) in [6.45, 7) is 7.02. The van der Waals surface area contributed by atoms with E-state index in [1.165, 1.54) is 38.5 Å². The SMILES string of the molecule is CC1=CC[C@]2(C(C)C)C[C@H]1[C@H](C1CCCCC1)O2. The molecule has 1 saturated heterocycles. The third-order valence-electron chi connectivity index (χ3n) is 5.85. The van der Waals surface area contributed by atoms with Crippen molar-refractivity contribution in [2.75, 3.05) is 0 Å². The van der Waals surface area contributed by atoms with Gasteiger partial charge in [0.25, 0.3) is 0 Å². The van der Waals surface area contributed by atoms with Crippen molar-refractivity contribution >= 4 is 0 Å². The molecule has 0 aromatic carbocycles. The highest BCUT2D eigenvalue weighted by molar-refractivity contribution is 5.20. The zero-order chi connectivity index (χ0) is 12.8. The van der Waals surface area contributed by atoms with Crippen molar-refractivity contribution in [2.45, 2.75) is 77.4 Å². The minimum absolute atomic E-state index is 0.173. The lowest BCUT2D eigenvalue weighted by atomic mass is 9.72. The fourth-order valence-electron chi connectivity index (χ4n) is 4.42. The monoisotopic (exact) mass is 248 g/mol. The maximum Gasteiger partial charge on any atom is 0.0750 e. The largest absolute Gasteiger partial charge is 0.370 e. The van der Waals surface area contributed by atoms with Crippen molar-refractivity contribution in [2.24, 2.45) is 17.8 Å². The summed E-state index contributed by atoms with van der Waals surface area (Å²) in [5.41, 5.74) is 1.78. The van der Waals surface area contributed by atoms with E-state index in [1.54, 1.807) is 5.57 Å². The van der Waals surface area contributed by atoms with E-state index < -0.39 is 0 Å². The lowest BCUT2D eigenvalue weighted by Crippen LogP contribution is -2.36. The van der Waals surface area contributed by atoms with E-state index in [0.717, 1.165) is 18.3 Å². The first-order valence-electron chi connectivity index (χ1n) is 7.97. The second-order valence-corrected chi connectivity index (χ2v) is 7.16. The standard InChI is InChI=1S/C17H28O/c1-12(2)17-10-9-13(3)15(11-17)16(18-17)14-7-5-4-6-8-14/h9,12,14-16H,4-8,10-11H2,1-3H3/t15-,16+,17-/m1/s1. The molecule has 1 heterocycles. The molecule has 0 N–H and O–H groups in total. The number of hydrogen-bond acceptors (Lipinski definition) is 1. The molecule has 1 nitrogen and oxygen atoms in total. The summed E-state index contributed by atoms with van der Waals surface area (Å²) < 4.78 is 6.69. The highest BCUT2D eigenvalue weighted by atomic mass is 16.5. The second kappa shape index (κ2) is 4.67. The van der Waals surface area contributed by atoms with Gasteiger partial charge in [-0.05, 0) is 44.4 Å². The molecule has 0 amide bonds. The average molecular weight is 248 g/mol. The van der Waals surface area contributed by atoms with Crippen LogP contribution in [0.25, 0.3) is 0 Å². The molecule has 0 unspecified atom stereocenters. The van der Waals surface area contributed by atoms with Gasteiger partial charge < -0.3 is 4.74 Å². The molecule has 1 aliphatic heterocycles. The number of ether oxygens (including phenoxy) is 1. The van der Waals surface area contributed by atoms with Crippen LogP contribution in [0.15, 0.2) is 11.6 Å². The van der Waals surface area contributed by atoms with Crippen molar-refractivity contribution < 1.29 is 4.74 Å². The summed E-state index contributed by atoms with van der Waals surface area (Å²) in [6.07, 6.45) is 12.5. The highest BCUT2D eigenvalue weighted by Gasteiger charge is 2.52. The van der Waals surface area contributed by atoms with E-state index in [0.29, 0.717) is 12.0 Å². The van der Waals surface area contributed by atoms with Gasteiger partial charge in [0, 0.05) is 5.92 Å². The van der Waals surface area contributed by atoms with Crippen molar-refractivity contribution in [3.05, 3.63) is 11.6 Å². The predicted octanol–water partition coefficient (Wildman–Crippen LogP) is 4.72. The molecule has 2 fully saturated rings. The van der Waals surface area contributed by atoms with E-state index in [4.69, 9.17) is 4.74 Å². The lowest BCUT2D eigenvalue weighted by Gasteiger charge is -2.35. The quantitative estimate of drug-likeness (QED) is 0.643. The summed E-state index contributed by atoms with van der Waals surface area (Å²) in [6, 6.07) is 0. The zero-order valence-corrected chi connectivity index (χ0v) is 12.2. The van der Waals surface area contributed by atoms with Crippen LogP contribution in [0.4, 0.5) is 0 Å². The maximum atomic E-state index is 6.69. The maximum absolute atomic E-state index is 6.69. The van der Waals surface area contributed by atoms with Crippen molar-refractivity contribution in [1.82, 2.24) is 0 Å². The Morgan fingerprint density at radius 2 is 1.94 bits per heavy atom. The van der Waals surface area contributed by atoms with E-state index in [2.05, 4.69) is 26.8 Å². The van der Waals surface area contributed by atoms with Gasteiger partial charge >= 0.3 is 0 Å². The molecule has 3 rings (SSSR count). The van der Waals surface area contributed by atoms with Crippen molar-refractivity contribution in [3.63, 3.8) is 0 Å². The molecule has 0 radical (unpaired) electrons. The van der Waals surface area contributed by atoms with Gasteiger partial charge in [-0.3, -0.25) is 0 Å². The minimum Gasteiger partial charge on any atom is -0.370 e. The molecular formula is C17H28O. The molecule has 3 atom stereocenters. The molecule has 0 aromatic rings. The minimum atomic E-state index is 0.173. The van der Waals surface area contributed by atoms with Gasteiger partial charge in [0.05, 0.1) is 11.7 Å². The lowest BCUT2D eigenvalue weighted by molar-refractivity contribution is -0.0924. The van der Waals surface area contributed by atoms with E-state index in [1.807, 2.05) is 0 Å². The predicted molar refractivity (Wildman–Crippen MR) is 75.5 cm³/mol. The van der Waals surface area contributed by atoms with Crippen LogP contribution in [-0.2, 0) is 4.74 Å². The Bertz CT molecular complexity index is 338. The van der Waals surface area contributed by atoms with Gasteiger partial charge in [0.2, 0.25) is 0 Å². The van der Waals surface area contributed by atoms with Crippen molar-refractivity contribution in [1.29, 1.82) is 0 Å². The first-order chi connectivity index (χ1) is 8.62. The van der Waals surface area contributed by atoms with Crippen LogP contribution >= 0.6 is 0 Å². The first kappa shape index (κ1) is 12.7. The van der Waals surface area contributed by atoms with Crippen LogP contribution in [0.3, 0.4) is 0 Å². The summed E-state index contributed by atoms with van der Waals surface area (Å²) in [4.78, 5) is 0. The summed E-state index contributed by atoms with van der Waals surface area (Å²) in [7, 11) is 0. The third kappa shape index (κ3) is 1.95. The van der Waals surface area contributed by atoms with Crippen LogP contribution < -0.4 is 0 Å². The Balaban J connectivity index is 1.82. The third-order valence-corrected chi connectivity index (χ3v) is 5.85. The number of fused-ring (bicyclic) bond motifs is 2. The Morgan fingerprint density at radius 3 is 2.61 bits per heavy atom. The number of hydrogen-bond donors (Lipinski definition) is 0. The summed E-state index contributed by atoms with van der Waals surface area (Å²) >= 11 is 0.